The minimum atomic E-state index is -0.473. The average molecular weight is 371 g/mol. The van der Waals surface area contributed by atoms with Crippen LogP contribution in [0.4, 0.5) is 0 Å². The Morgan fingerprint density at radius 1 is 0.821 bits per heavy atom. The van der Waals surface area contributed by atoms with Crippen LogP contribution < -0.4 is 0 Å². The van der Waals surface area contributed by atoms with E-state index in [-0.39, 0.29) is 6.04 Å². The molecule has 3 aromatic carbocycles. The Labute approximate surface area is 166 Å². The van der Waals surface area contributed by atoms with Gasteiger partial charge in [0.25, 0.3) is 0 Å². The average Bonchev–Trinajstić information content (AvgIpc) is 3.26. The van der Waals surface area contributed by atoms with Gasteiger partial charge in [-0.15, -0.1) is 0 Å². The fourth-order valence-corrected chi connectivity index (χ4v) is 3.84. The van der Waals surface area contributed by atoms with Crippen molar-refractivity contribution in [2.24, 2.45) is 4.99 Å². The topological polar surface area (TPSA) is 30.8 Å². The molecule has 3 nitrogen and oxygen atoms in total. The molecule has 0 saturated carbocycles. The maximum Gasteiger partial charge on any atom is 0.216 e. The first kappa shape index (κ1) is 18.5. The molecule has 0 saturated heterocycles. The molecule has 0 N–H and O–H groups in total. The van der Waals surface area contributed by atoms with Crippen molar-refractivity contribution in [2.75, 3.05) is 13.7 Å². The van der Waals surface area contributed by atoms with E-state index in [4.69, 9.17) is 14.5 Å². The van der Waals surface area contributed by atoms with Crippen LogP contribution in [0.1, 0.15) is 16.7 Å². The summed E-state index contributed by atoms with van der Waals surface area (Å²) in [5, 5.41) is 0. The van der Waals surface area contributed by atoms with Gasteiger partial charge in [-0.1, -0.05) is 78.9 Å². The van der Waals surface area contributed by atoms with E-state index in [1.54, 1.807) is 7.11 Å². The second-order valence-corrected chi connectivity index (χ2v) is 7.22. The molecule has 0 fully saturated rings. The molecule has 142 valence electrons. The maximum absolute atomic E-state index is 6.23. The Morgan fingerprint density at radius 3 is 1.82 bits per heavy atom. The van der Waals surface area contributed by atoms with Crippen LogP contribution in [0.25, 0.3) is 0 Å². The molecule has 0 amide bonds. The van der Waals surface area contributed by atoms with Crippen molar-refractivity contribution in [1.82, 2.24) is 0 Å². The molecule has 3 heteroatoms. The summed E-state index contributed by atoms with van der Waals surface area (Å²) < 4.78 is 12.2. The van der Waals surface area contributed by atoms with Crippen molar-refractivity contribution in [2.45, 2.75) is 24.5 Å². The van der Waals surface area contributed by atoms with Crippen LogP contribution in [0.2, 0.25) is 0 Å². The smallest absolute Gasteiger partial charge is 0.216 e. The number of hydrogen-bond donors (Lipinski definition) is 0. The van der Waals surface area contributed by atoms with Gasteiger partial charge in [-0.2, -0.15) is 0 Å². The minimum Gasteiger partial charge on any atom is -0.475 e. The summed E-state index contributed by atoms with van der Waals surface area (Å²) >= 11 is 0. The summed E-state index contributed by atoms with van der Waals surface area (Å²) in [6.45, 7) is 0.526. The van der Waals surface area contributed by atoms with Crippen LogP contribution in [-0.2, 0) is 22.3 Å². The lowest BCUT2D eigenvalue weighted by atomic mass is 9.82. The largest absolute Gasteiger partial charge is 0.475 e. The molecule has 0 radical (unpaired) electrons. The first-order valence-electron chi connectivity index (χ1n) is 9.68. The molecule has 1 atom stereocenters. The van der Waals surface area contributed by atoms with Crippen molar-refractivity contribution in [3.05, 3.63) is 108 Å². The van der Waals surface area contributed by atoms with Crippen LogP contribution in [-0.4, -0.2) is 31.3 Å². The molecule has 3 aromatic rings. The van der Waals surface area contributed by atoms with Crippen molar-refractivity contribution < 1.29 is 9.47 Å². The summed E-state index contributed by atoms with van der Waals surface area (Å²) in [5.41, 5.74) is 3.01. The molecule has 0 spiro atoms. The highest BCUT2D eigenvalue weighted by molar-refractivity contribution is 5.95. The maximum atomic E-state index is 6.23. The third-order valence-electron chi connectivity index (χ3n) is 5.38. The zero-order valence-corrected chi connectivity index (χ0v) is 16.1. The second-order valence-electron chi connectivity index (χ2n) is 7.22. The number of nitrogens with zero attached hydrogens (tertiary/aromatic N) is 1. The van der Waals surface area contributed by atoms with Gasteiger partial charge in [0.1, 0.15) is 18.2 Å². The van der Waals surface area contributed by atoms with Crippen LogP contribution in [0.3, 0.4) is 0 Å². The summed E-state index contributed by atoms with van der Waals surface area (Å²) in [4.78, 5) is 4.96. The Morgan fingerprint density at radius 2 is 1.32 bits per heavy atom. The number of rotatable bonds is 7. The van der Waals surface area contributed by atoms with E-state index in [9.17, 15) is 0 Å². The number of methoxy groups -OCH3 is 1. The van der Waals surface area contributed by atoms with Crippen LogP contribution in [0, 0.1) is 0 Å². The van der Waals surface area contributed by atoms with Crippen LogP contribution >= 0.6 is 0 Å². The lowest BCUT2D eigenvalue weighted by molar-refractivity contribution is -0.0349. The lowest BCUT2D eigenvalue weighted by Gasteiger charge is -2.36. The summed E-state index contributed by atoms with van der Waals surface area (Å²) in [6, 6.07) is 31.0. The van der Waals surface area contributed by atoms with Gasteiger partial charge in [-0.3, -0.25) is 0 Å². The fourth-order valence-electron chi connectivity index (χ4n) is 3.84. The number of hydrogen-bond acceptors (Lipinski definition) is 3. The predicted molar refractivity (Wildman–Crippen MR) is 113 cm³/mol. The van der Waals surface area contributed by atoms with Crippen molar-refractivity contribution in [3.63, 3.8) is 0 Å². The highest BCUT2D eigenvalue weighted by atomic mass is 16.5. The van der Waals surface area contributed by atoms with Crippen molar-refractivity contribution in [1.29, 1.82) is 0 Å². The van der Waals surface area contributed by atoms with E-state index in [0.717, 1.165) is 18.4 Å². The molecule has 4 rings (SSSR count). The summed E-state index contributed by atoms with van der Waals surface area (Å²) in [5.74, 6) is 0.702. The zero-order chi connectivity index (χ0) is 19.2. The van der Waals surface area contributed by atoms with Gasteiger partial charge < -0.3 is 9.47 Å². The number of benzene rings is 3. The lowest BCUT2D eigenvalue weighted by Crippen LogP contribution is -2.48. The molecule has 1 unspecified atom stereocenters. The van der Waals surface area contributed by atoms with Gasteiger partial charge in [0.05, 0.1) is 0 Å². The quantitative estimate of drug-likeness (QED) is 0.603. The van der Waals surface area contributed by atoms with E-state index < -0.39 is 5.60 Å². The molecular weight excluding hydrogens is 346 g/mol. The van der Waals surface area contributed by atoms with Crippen molar-refractivity contribution >= 4 is 5.90 Å². The molecule has 1 heterocycles. The van der Waals surface area contributed by atoms with Crippen LogP contribution in [0.15, 0.2) is 96.0 Å². The Kier molecular flexibility index (Phi) is 5.54. The number of ether oxygens (including phenoxy) is 2. The van der Waals surface area contributed by atoms with E-state index in [2.05, 4.69) is 48.5 Å². The van der Waals surface area contributed by atoms with E-state index in [1.807, 2.05) is 42.5 Å². The SMILES string of the molecule is COC(Cc1ccccc1)(Cc1ccccc1)C1COC(c2ccccc2)=N1. The standard InChI is InChI=1S/C25H25NO2/c1-27-25(17-20-11-5-2-6-12-20,18-21-13-7-3-8-14-21)23-19-28-24(26-23)22-15-9-4-10-16-22/h2-16,23H,17-19H2,1H3. The van der Waals surface area contributed by atoms with Gasteiger partial charge >= 0.3 is 0 Å². The summed E-state index contributed by atoms with van der Waals surface area (Å²) in [6.07, 6.45) is 1.55. The van der Waals surface area contributed by atoms with Crippen molar-refractivity contribution in [3.8, 4) is 0 Å². The Bertz CT molecular complexity index is 866. The zero-order valence-electron chi connectivity index (χ0n) is 16.1. The van der Waals surface area contributed by atoms with Gasteiger partial charge in [0.2, 0.25) is 5.90 Å². The predicted octanol–water partition coefficient (Wildman–Crippen LogP) is 4.70. The first-order chi connectivity index (χ1) is 13.8. The Balaban J connectivity index is 1.69. The highest BCUT2D eigenvalue weighted by Crippen LogP contribution is 2.32. The fraction of sp³-hybridized carbons (Fsp3) is 0.240. The molecule has 1 aliphatic rings. The van der Waals surface area contributed by atoms with E-state index >= 15 is 0 Å². The minimum absolute atomic E-state index is 0.0758. The number of aliphatic imine (C=N–C) groups is 1. The monoisotopic (exact) mass is 371 g/mol. The third kappa shape index (κ3) is 4.00. The van der Waals surface area contributed by atoms with Gasteiger partial charge in [0, 0.05) is 25.5 Å². The molecule has 0 aliphatic carbocycles. The highest BCUT2D eigenvalue weighted by Gasteiger charge is 2.43. The van der Waals surface area contributed by atoms with Crippen LogP contribution in [0.5, 0.6) is 0 Å². The molecule has 28 heavy (non-hydrogen) atoms. The summed E-state index contributed by atoms with van der Waals surface area (Å²) in [7, 11) is 1.79. The normalized spacial score (nSPS) is 16.5. The molecule has 0 bridgehead atoms. The molecule has 1 aliphatic heterocycles. The van der Waals surface area contributed by atoms with Gasteiger partial charge in [-0.05, 0) is 23.3 Å². The Hall–Kier alpha value is -2.91. The van der Waals surface area contributed by atoms with E-state index in [1.165, 1.54) is 11.1 Å². The van der Waals surface area contributed by atoms with Gasteiger partial charge in [0.15, 0.2) is 0 Å². The molecular formula is C25H25NO2. The third-order valence-corrected chi connectivity index (χ3v) is 5.38. The van der Waals surface area contributed by atoms with E-state index in [0.29, 0.717) is 12.5 Å². The molecule has 0 aromatic heterocycles. The first-order valence-corrected chi connectivity index (χ1v) is 9.68. The second kappa shape index (κ2) is 8.41. The van der Waals surface area contributed by atoms with Gasteiger partial charge in [-0.25, -0.2) is 4.99 Å².